The Morgan fingerprint density at radius 1 is 1.12 bits per heavy atom. The lowest BCUT2D eigenvalue weighted by Crippen LogP contribution is -2.35. The van der Waals surface area contributed by atoms with Crippen LogP contribution < -0.4 is 0 Å². The Bertz CT molecular complexity index is 674. The molecule has 0 spiro atoms. The highest BCUT2D eigenvalue weighted by molar-refractivity contribution is 5.10. The first-order valence-corrected chi connectivity index (χ1v) is 9.13. The summed E-state index contributed by atoms with van der Waals surface area (Å²) in [6.45, 7) is 9.84. The number of likely N-dealkylation sites (tertiary alicyclic amines) is 1. The zero-order valence-electron chi connectivity index (χ0n) is 14.6. The summed E-state index contributed by atoms with van der Waals surface area (Å²) in [5.41, 5.74) is 2.26. The number of aromatic nitrogens is 3. The van der Waals surface area contributed by atoms with Gasteiger partial charge < -0.3 is 9.47 Å². The van der Waals surface area contributed by atoms with Gasteiger partial charge >= 0.3 is 0 Å². The molecule has 0 saturated carbocycles. The molecule has 0 radical (unpaired) electrons. The highest BCUT2D eigenvalue weighted by Gasteiger charge is 2.25. The molecule has 5 heteroatoms. The molecule has 5 nitrogen and oxygen atoms in total. The molecular formula is C19H27N5. The van der Waals surface area contributed by atoms with Gasteiger partial charge in [0.15, 0.2) is 0 Å². The van der Waals surface area contributed by atoms with Crippen LogP contribution in [0.1, 0.15) is 30.1 Å². The summed E-state index contributed by atoms with van der Waals surface area (Å²) >= 11 is 0. The van der Waals surface area contributed by atoms with E-state index in [4.69, 9.17) is 4.98 Å². The molecule has 0 bridgehead atoms. The van der Waals surface area contributed by atoms with Crippen molar-refractivity contribution >= 4 is 0 Å². The average molecular weight is 325 g/mol. The van der Waals surface area contributed by atoms with Gasteiger partial charge in [0, 0.05) is 50.2 Å². The summed E-state index contributed by atoms with van der Waals surface area (Å²) < 4.78 is 2.35. The van der Waals surface area contributed by atoms with Crippen LogP contribution in [0.3, 0.4) is 0 Å². The molecule has 0 N–H and O–H groups in total. The van der Waals surface area contributed by atoms with Crippen LogP contribution in [0, 0.1) is 12.8 Å². The van der Waals surface area contributed by atoms with Gasteiger partial charge in [-0.25, -0.2) is 4.98 Å². The second kappa shape index (κ2) is 7.03. The molecule has 4 heterocycles. The minimum Gasteiger partial charge on any atom is -0.333 e. The molecule has 128 valence electrons. The smallest absolute Gasteiger partial charge is 0.122 e. The molecule has 2 aliphatic rings. The van der Waals surface area contributed by atoms with Crippen LogP contribution in [0.25, 0.3) is 0 Å². The van der Waals surface area contributed by atoms with Gasteiger partial charge in [0.1, 0.15) is 5.82 Å². The Morgan fingerprint density at radius 2 is 2.00 bits per heavy atom. The number of aryl methyl sites for hydroxylation is 1. The SMILES string of the molecule is Cc1cccc(CN2Cc3nccn3CC(CN3CCCC3)C2)n1. The van der Waals surface area contributed by atoms with E-state index in [9.17, 15) is 0 Å². The second-order valence-corrected chi connectivity index (χ2v) is 7.31. The van der Waals surface area contributed by atoms with Crippen LogP contribution >= 0.6 is 0 Å². The average Bonchev–Trinajstić information content (AvgIpc) is 3.17. The maximum absolute atomic E-state index is 4.69. The van der Waals surface area contributed by atoms with Crippen molar-refractivity contribution in [3.8, 4) is 0 Å². The lowest BCUT2D eigenvalue weighted by atomic mass is 10.1. The van der Waals surface area contributed by atoms with Gasteiger partial charge in [-0.2, -0.15) is 0 Å². The van der Waals surface area contributed by atoms with E-state index in [0.29, 0.717) is 5.92 Å². The van der Waals surface area contributed by atoms with Crippen molar-refractivity contribution in [3.63, 3.8) is 0 Å². The van der Waals surface area contributed by atoms with E-state index in [1.54, 1.807) is 0 Å². The van der Waals surface area contributed by atoms with Gasteiger partial charge in [-0.1, -0.05) is 6.07 Å². The van der Waals surface area contributed by atoms with E-state index >= 15 is 0 Å². The van der Waals surface area contributed by atoms with Crippen LogP contribution in [-0.2, 0) is 19.6 Å². The number of fused-ring (bicyclic) bond motifs is 1. The van der Waals surface area contributed by atoms with Gasteiger partial charge in [-0.3, -0.25) is 9.88 Å². The van der Waals surface area contributed by atoms with Crippen molar-refractivity contribution in [2.45, 2.75) is 39.4 Å². The molecule has 2 aromatic heterocycles. The number of hydrogen-bond acceptors (Lipinski definition) is 4. The normalized spacial score (nSPS) is 22.5. The van der Waals surface area contributed by atoms with Gasteiger partial charge in [0.05, 0.1) is 12.2 Å². The summed E-state index contributed by atoms with van der Waals surface area (Å²) in [7, 11) is 0. The molecule has 2 aliphatic heterocycles. The third-order valence-electron chi connectivity index (χ3n) is 5.18. The molecule has 1 atom stereocenters. The summed E-state index contributed by atoms with van der Waals surface area (Å²) in [6.07, 6.45) is 6.80. The van der Waals surface area contributed by atoms with Crippen molar-refractivity contribution in [3.05, 3.63) is 47.8 Å². The van der Waals surface area contributed by atoms with E-state index in [0.717, 1.165) is 37.6 Å². The molecule has 24 heavy (non-hydrogen) atoms. The predicted molar refractivity (Wildman–Crippen MR) is 94.5 cm³/mol. The number of nitrogens with zero attached hydrogens (tertiary/aromatic N) is 5. The van der Waals surface area contributed by atoms with E-state index in [1.807, 2.05) is 6.20 Å². The minimum absolute atomic E-state index is 0.656. The number of rotatable bonds is 4. The van der Waals surface area contributed by atoms with Crippen molar-refractivity contribution in [1.29, 1.82) is 0 Å². The standard InChI is InChI=1S/C19H27N5/c1-16-5-4-6-18(21-16)14-23-12-17(11-22-8-2-3-9-22)13-24-10-7-20-19(24)15-23/h4-7,10,17H,2-3,8-9,11-15H2,1H3. The first-order chi connectivity index (χ1) is 11.8. The molecule has 2 aromatic rings. The van der Waals surface area contributed by atoms with Crippen LogP contribution in [0.5, 0.6) is 0 Å². The fourth-order valence-electron chi connectivity index (χ4n) is 4.11. The first kappa shape index (κ1) is 15.8. The monoisotopic (exact) mass is 325 g/mol. The third kappa shape index (κ3) is 3.68. The molecule has 1 unspecified atom stereocenters. The topological polar surface area (TPSA) is 37.2 Å². The number of pyridine rings is 1. The molecule has 1 fully saturated rings. The van der Waals surface area contributed by atoms with E-state index in [-0.39, 0.29) is 0 Å². The molecule has 4 rings (SSSR count). The maximum atomic E-state index is 4.69. The molecular weight excluding hydrogens is 298 g/mol. The zero-order chi connectivity index (χ0) is 16.4. The van der Waals surface area contributed by atoms with Gasteiger partial charge in [-0.15, -0.1) is 0 Å². The summed E-state index contributed by atoms with van der Waals surface area (Å²) in [6, 6.07) is 6.31. The van der Waals surface area contributed by atoms with Crippen LogP contribution in [-0.4, -0.2) is 50.5 Å². The summed E-state index contributed by atoms with van der Waals surface area (Å²) in [4.78, 5) is 14.4. The van der Waals surface area contributed by atoms with Crippen molar-refractivity contribution in [1.82, 2.24) is 24.3 Å². The summed E-state index contributed by atoms with van der Waals surface area (Å²) in [5.74, 6) is 1.84. The molecule has 0 amide bonds. The molecule has 0 aromatic carbocycles. The highest BCUT2D eigenvalue weighted by Crippen LogP contribution is 2.20. The fraction of sp³-hybridized carbons (Fsp3) is 0.579. The van der Waals surface area contributed by atoms with Gasteiger partial charge in [0.25, 0.3) is 0 Å². The van der Waals surface area contributed by atoms with Crippen molar-refractivity contribution in [2.75, 3.05) is 26.2 Å². The number of imidazole rings is 1. The Hall–Kier alpha value is -1.72. The minimum atomic E-state index is 0.656. The molecule has 1 saturated heterocycles. The van der Waals surface area contributed by atoms with Crippen LogP contribution in [0.2, 0.25) is 0 Å². The predicted octanol–water partition coefficient (Wildman–Crippen LogP) is 2.31. The lowest BCUT2D eigenvalue weighted by molar-refractivity contribution is 0.181. The molecule has 0 aliphatic carbocycles. The van der Waals surface area contributed by atoms with Crippen LogP contribution in [0.15, 0.2) is 30.6 Å². The Labute approximate surface area is 144 Å². The third-order valence-corrected chi connectivity index (χ3v) is 5.18. The Balaban J connectivity index is 1.50. The quantitative estimate of drug-likeness (QED) is 0.864. The highest BCUT2D eigenvalue weighted by atomic mass is 15.2. The van der Waals surface area contributed by atoms with Crippen molar-refractivity contribution < 1.29 is 0 Å². The van der Waals surface area contributed by atoms with Crippen LogP contribution in [0.4, 0.5) is 0 Å². The summed E-state index contributed by atoms with van der Waals surface area (Å²) in [5, 5.41) is 0. The second-order valence-electron chi connectivity index (χ2n) is 7.31. The lowest BCUT2D eigenvalue weighted by Gasteiger charge is -2.27. The van der Waals surface area contributed by atoms with Gasteiger partial charge in [0.2, 0.25) is 0 Å². The zero-order valence-corrected chi connectivity index (χ0v) is 14.6. The fourth-order valence-corrected chi connectivity index (χ4v) is 4.11. The van der Waals surface area contributed by atoms with E-state index in [1.165, 1.54) is 38.3 Å². The van der Waals surface area contributed by atoms with E-state index < -0.39 is 0 Å². The maximum Gasteiger partial charge on any atom is 0.122 e. The first-order valence-electron chi connectivity index (χ1n) is 9.13. The largest absolute Gasteiger partial charge is 0.333 e. The van der Waals surface area contributed by atoms with Gasteiger partial charge in [-0.05, 0) is 45.0 Å². The Kier molecular flexibility index (Phi) is 4.63. The van der Waals surface area contributed by atoms with Crippen molar-refractivity contribution in [2.24, 2.45) is 5.92 Å². The van der Waals surface area contributed by atoms with E-state index in [2.05, 4.69) is 50.7 Å². The Morgan fingerprint density at radius 3 is 2.83 bits per heavy atom. The number of hydrogen-bond donors (Lipinski definition) is 0.